The van der Waals surface area contributed by atoms with Crippen LogP contribution in [0.5, 0.6) is 0 Å². The normalized spacial score (nSPS) is 32.2. The van der Waals surface area contributed by atoms with E-state index in [9.17, 15) is 0 Å². The number of likely N-dealkylation sites (tertiary alicyclic amines) is 1. The van der Waals surface area contributed by atoms with Crippen molar-refractivity contribution in [2.75, 3.05) is 6.54 Å². The number of piperidine rings is 1. The number of nitrogens with zero attached hydrogens (tertiary/aromatic N) is 1. The average Bonchev–Trinajstić information content (AvgIpc) is 2.71. The smallest absolute Gasteiger partial charge is 0.0702 e. The number of thiophene rings is 1. The molecule has 5 unspecified atom stereocenters. The zero-order valence-electron chi connectivity index (χ0n) is 12.3. The lowest BCUT2D eigenvalue weighted by molar-refractivity contribution is 0.0328. The van der Waals surface area contributed by atoms with Crippen LogP contribution in [0.1, 0.15) is 45.0 Å². The number of halogens is 1. The lowest BCUT2D eigenvalue weighted by Gasteiger charge is -2.46. The van der Waals surface area contributed by atoms with E-state index < -0.39 is 0 Å². The van der Waals surface area contributed by atoms with Crippen LogP contribution in [-0.2, 0) is 0 Å². The number of rotatable bonds is 3. The van der Waals surface area contributed by atoms with Crippen molar-refractivity contribution in [1.29, 1.82) is 0 Å². The van der Waals surface area contributed by atoms with Crippen molar-refractivity contribution in [1.82, 2.24) is 4.90 Å². The topological polar surface area (TPSA) is 29.3 Å². The summed E-state index contributed by atoms with van der Waals surface area (Å²) in [7, 11) is 0. The summed E-state index contributed by atoms with van der Waals surface area (Å²) in [5.74, 6) is 1.50. The molecule has 0 aromatic carbocycles. The molecule has 2 N–H and O–H groups in total. The molecule has 1 fully saturated rings. The monoisotopic (exact) mass is 344 g/mol. The van der Waals surface area contributed by atoms with Gasteiger partial charge in [0.25, 0.3) is 0 Å². The van der Waals surface area contributed by atoms with Crippen LogP contribution in [0.3, 0.4) is 0 Å². The summed E-state index contributed by atoms with van der Waals surface area (Å²) in [6, 6.07) is 5.46. The molecule has 2 nitrogen and oxygen atoms in total. The first-order valence-electron chi connectivity index (χ1n) is 7.16. The van der Waals surface area contributed by atoms with Gasteiger partial charge in [-0.05, 0) is 60.2 Å². The van der Waals surface area contributed by atoms with Gasteiger partial charge in [0.05, 0.1) is 9.83 Å². The van der Waals surface area contributed by atoms with E-state index in [1.54, 1.807) is 0 Å². The first-order chi connectivity index (χ1) is 8.90. The van der Waals surface area contributed by atoms with Crippen molar-refractivity contribution in [2.45, 2.75) is 52.2 Å². The number of hydrogen-bond acceptors (Lipinski definition) is 3. The van der Waals surface area contributed by atoms with Crippen molar-refractivity contribution in [2.24, 2.45) is 17.6 Å². The lowest BCUT2D eigenvalue weighted by Crippen LogP contribution is -2.51. The molecule has 0 saturated carbocycles. The van der Waals surface area contributed by atoms with E-state index in [-0.39, 0.29) is 6.04 Å². The third-order valence-corrected chi connectivity index (χ3v) is 6.08. The zero-order valence-corrected chi connectivity index (χ0v) is 14.7. The standard InChI is InChI=1S/C15H25BrN2S/c1-9-7-10(2)12(4)18(8-9)15(11(3)17)13-5-6-14(16)19-13/h5-6,9-12,15H,7-8,17H2,1-4H3. The average molecular weight is 345 g/mol. The predicted molar refractivity (Wildman–Crippen MR) is 87.5 cm³/mol. The highest BCUT2D eigenvalue weighted by Crippen LogP contribution is 2.38. The number of nitrogens with two attached hydrogens (primary N) is 1. The van der Waals surface area contributed by atoms with Gasteiger partial charge in [-0.3, -0.25) is 4.90 Å². The van der Waals surface area contributed by atoms with Crippen LogP contribution < -0.4 is 5.73 Å². The Morgan fingerprint density at radius 3 is 2.58 bits per heavy atom. The molecule has 1 aliphatic heterocycles. The second-order valence-corrected chi connectivity index (χ2v) is 8.70. The Kier molecular flexibility index (Phi) is 5.09. The van der Waals surface area contributed by atoms with Crippen LogP contribution in [0.15, 0.2) is 15.9 Å². The molecular formula is C15H25BrN2S. The molecule has 1 aromatic rings. The second kappa shape index (κ2) is 6.25. The highest BCUT2D eigenvalue weighted by Gasteiger charge is 2.36. The summed E-state index contributed by atoms with van der Waals surface area (Å²) in [4.78, 5) is 4.01. The summed E-state index contributed by atoms with van der Waals surface area (Å²) in [6.45, 7) is 10.4. The minimum absolute atomic E-state index is 0.158. The Balaban J connectivity index is 2.28. The van der Waals surface area contributed by atoms with Crippen molar-refractivity contribution in [3.8, 4) is 0 Å². The van der Waals surface area contributed by atoms with Crippen LogP contribution in [-0.4, -0.2) is 23.5 Å². The van der Waals surface area contributed by atoms with Gasteiger partial charge in [0.2, 0.25) is 0 Å². The highest BCUT2D eigenvalue weighted by atomic mass is 79.9. The fourth-order valence-electron chi connectivity index (χ4n) is 3.34. The molecule has 0 radical (unpaired) electrons. The zero-order chi connectivity index (χ0) is 14.2. The molecule has 108 valence electrons. The molecule has 0 spiro atoms. The van der Waals surface area contributed by atoms with Gasteiger partial charge in [0.1, 0.15) is 0 Å². The van der Waals surface area contributed by atoms with Gasteiger partial charge < -0.3 is 5.73 Å². The molecule has 0 bridgehead atoms. The minimum atomic E-state index is 0.158. The molecule has 2 heterocycles. The van der Waals surface area contributed by atoms with E-state index in [2.05, 4.69) is 60.7 Å². The largest absolute Gasteiger partial charge is 0.326 e. The molecule has 4 heteroatoms. The van der Waals surface area contributed by atoms with Crippen LogP contribution in [0.4, 0.5) is 0 Å². The Bertz CT molecular complexity index is 418. The van der Waals surface area contributed by atoms with Crippen molar-refractivity contribution in [3.05, 3.63) is 20.8 Å². The Morgan fingerprint density at radius 1 is 1.37 bits per heavy atom. The van der Waals surface area contributed by atoms with Gasteiger partial charge in [-0.2, -0.15) is 0 Å². The fourth-order valence-corrected chi connectivity index (χ4v) is 5.00. The van der Waals surface area contributed by atoms with Gasteiger partial charge in [-0.25, -0.2) is 0 Å². The van der Waals surface area contributed by atoms with E-state index in [1.165, 1.54) is 15.1 Å². The van der Waals surface area contributed by atoms with Gasteiger partial charge in [0, 0.05) is 23.5 Å². The van der Waals surface area contributed by atoms with E-state index in [0.29, 0.717) is 12.1 Å². The first kappa shape index (κ1) is 15.5. The van der Waals surface area contributed by atoms with Crippen molar-refractivity contribution < 1.29 is 0 Å². The van der Waals surface area contributed by atoms with E-state index in [0.717, 1.165) is 18.4 Å². The van der Waals surface area contributed by atoms with Gasteiger partial charge >= 0.3 is 0 Å². The summed E-state index contributed by atoms with van der Waals surface area (Å²) in [6.07, 6.45) is 1.33. The van der Waals surface area contributed by atoms with Crippen molar-refractivity contribution in [3.63, 3.8) is 0 Å². The van der Waals surface area contributed by atoms with Crippen molar-refractivity contribution >= 4 is 27.3 Å². The third kappa shape index (κ3) is 3.41. The molecule has 0 amide bonds. The van der Waals surface area contributed by atoms with Gasteiger partial charge in [-0.1, -0.05) is 13.8 Å². The quantitative estimate of drug-likeness (QED) is 0.887. The third-order valence-electron chi connectivity index (χ3n) is 4.38. The maximum atomic E-state index is 6.31. The molecule has 2 rings (SSSR count). The maximum absolute atomic E-state index is 6.31. The molecular weight excluding hydrogens is 320 g/mol. The second-order valence-electron chi connectivity index (χ2n) is 6.20. The Hall–Kier alpha value is 0.1000. The fraction of sp³-hybridized carbons (Fsp3) is 0.733. The molecule has 1 aromatic heterocycles. The minimum Gasteiger partial charge on any atom is -0.326 e. The molecule has 19 heavy (non-hydrogen) atoms. The Morgan fingerprint density at radius 2 is 2.05 bits per heavy atom. The SMILES string of the molecule is CC1CC(C)C(C)N(C(c2ccc(Br)s2)C(C)N)C1. The van der Waals surface area contributed by atoms with E-state index >= 15 is 0 Å². The highest BCUT2D eigenvalue weighted by molar-refractivity contribution is 9.11. The summed E-state index contributed by atoms with van der Waals surface area (Å²) < 4.78 is 1.19. The number of hydrogen-bond donors (Lipinski definition) is 1. The summed E-state index contributed by atoms with van der Waals surface area (Å²) in [5, 5.41) is 0. The molecule has 5 atom stereocenters. The van der Waals surface area contributed by atoms with Crippen LogP contribution in [0, 0.1) is 11.8 Å². The van der Waals surface area contributed by atoms with Crippen LogP contribution >= 0.6 is 27.3 Å². The Labute approximate surface area is 129 Å². The molecule has 0 aliphatic carbocycles. The van der Waals surface area contributed by atoms with Gasteiger partial charge in [-0.15, -0.1) is 11.3 Å². The summed E-state index contributed by atoms with van der Waals surface area (Å²) in [5.41, 5.74) is 6.31. The van der Waals surface area contributed by atoms with Crippen LogP contribution in [0.2, 0.25) is 0 Å². The summed E-state index contributed by atoms with van der Waals surface area (Å²) >= 11 is 5.39. The first-order valence-corrected chi connectivity index (χ1v) is 8.77. The van der Waals surface area contributed by atoms with E-state index in [4.69, 9.17) is 5.73 Å². The molecule has 1 aliphatic rings. The predicted octanol–water partition coefficient (Wildman–Crippen LogP) is 4.27. The maximum Gasteiger partial charge on any atom is 0.0702 e. The van der Waals surface area contributed by atoms with Crippen LogP contribution in [0.25, 0.3) is 0 Å². The van der Waals surface area contributed by atoms with Gasteiger partial charge in [0.15, 0.2) is 0 Å². The lowest BCUT2D eigenvalue weighted by atomic mass is 9.84. The molecule has 1 saturated heterocycles. The van der Waals surface area contributed by atoms with E-state index in [1.807, 2.05) is 11.3 Å².